The number of carbonyl (C=O) groups is 2. The van der Waals surface area contributed by atoms with E-state index in [0.717, 1.165) is 19.6 Å². The molecule has 2 amide bonds. The molecule has 0 saturated carbocycles. The minimum atomic E-state index is -0.252. The highest BCUT2D eigenvalue weighted by molar-refractivity contribution is 5.93. The third kappa shape index (κ3) is 6.02. The molecule has 0 atom stereocenters. The Morgan fingerprint density at radius 3 is 2.74 bits per heavy atom. The van der Waals surface area contributed by atoms with Crippen LogP contribution in [0.5, 0.6) is 0 Å². The number of rotatable bonds is 8. The molecular weight excluding hydrogens is 296 g/mol. The second-order valence-electron chi connectivity index (χ2n) is 6.39. The van der Waals surface area contributed by atoms with E-state index < -0.39 is 0 Å². The molecule has 0 aromatic carbocycles. The predicted octanol–water partition coefficient (Wildman–Crippen LogP) is 1.58. The van der Waals surface area contributed by atoms with Crippen molar-refractivity contribution in [3.05, 3.63) is 12.3 Å². The van der Waals surface area contributed by atoms with Crippen LogP contribution in [0.2, 0.25) is 0 Å². The maximum absolute atomic E-state index is 12.4. The lowest BCUT2D eigenvalue weighted by Gasteiger charge is -2.25. The zero-order valence-electron chi connectivity index (χ0n) is 14.0. The number of likely N-dealkylation sites (tertiary alicyclic amines) is 1. The molecule has 7 nitrogen and oxygen atoms in total. The number of aromatic nitrogens is 1. The van der Waals surface area contributed by atoms with Crippen LogP contribution < -0.4 is 5.32 Å². The summed E-state index contributed by atoms with van der Waals surface area (Å²) in [6.45, 7) is 7.62. The van der Waals surface area contributed by atoms with Crippen LogP contribution in [0.4, 0.5) is 5.82 Å². The van der Waals surface area contributed by atoms with Crippen LogP contribution in [0.25, 0.3) is 0 Å². The highest BCUT2D eigenvalue weighted by atomic mass is 16.5. The highest BCUT2D eigenvalue weighted by Gasteiger charge is 2.20. The van der Waals surface area contributed by atoms with Gasteiger partial charge in [-0.05, 0) is 31.8 Å². The molecule has 7 heteroatoms. The van der Waals surface area contributed by atoms with Crippen molar-refractivity contribution in [1.29, 1.82) is 0 Å². The summed E-state index contributed by atoms with van der Waals surface area (Å²) >= 11 is 0. The summed E-state index contributed by atoms with van der Waals surface area (Å²) in [6.07, 6.45) is 4.28. The summed E-state index contributed by atoms with van der Waals surface area (Å²) in [6, 6.07) is 1.57. The first-order valence-corrected chi connectivity index (χ1v) is 8.25. The summed E-state index contributed by atoms with van der Waals surface area (Å²) in [7, 11) is 0. The third-order valence-corrected chi connectivity index (χ3v) is 3.86. The maximum Gasteiger partial charge on any atom is 0.245 e. The molecule has 0 spiro atoms. The second-order valence-corrected chi connectivity index (χ2v) is 6.39. The first-order chi connectivity index (χ1) is 11.0. The quantitative estimate of drug-likeness (QED) is 0.786. The van der Waals surface area contributed by atoms with E-state index in [1.54, 1.807) is 11.0 Å². The molecule has 0 aliphatic carbocycles. The van der Waals surface area contributed by atoms with Crippen LogP contribution in [0.1, 0.15) is 33.1 Å². The van der Waals surface area contributed by atoms with E-state index in [1.807, 2.05) is 13.8 Å². The van der Waals surface area contributed by atoms with Gasteiger partial charge in [0.05, 0.1) is 6.54 Å². The lowest BCUT2D eigenvalue weighted by Crippen LogP contribution is -2.42. The Bertz CT molecular complexity index is 495. The number of nitrogens with zero attached hydrogens (tertiary/aromatic N) is 3. The molecule has 128 valence electrons. The summed E-state index contributed by atoms with van der Waals surface area (Å²) in [5, 5.41) is 6.28. The van der Waals surface area contributed by atoms with Crippen molar-refractivity contribution in [3.63, 3.8) is 0 Å². The van der Waals surface area contributed by atoms with Crippen LogP contribution in [-0.4, -0.2) is 59.5 Å². The van der Waals surface area contributed by atoms with E-state index in [1.165, 1.54) is 19.1 Å². The van der Waals surface area contributed by atoms with Crippen molar-refractivity contribution in [2.75, 3.05) is 38.0 Å². The Morgan fingerprint density at radius 2 is 2.13 bits per heavy atom. The van der Waals surface area contributed by atoms with Gasteiger partial charge in [-0.25, -0.2) is 0 Å². The highest BCUT2D eigenvalue weighted by Crippen LogP contribution is 2.09. The number of carbonyl (C=O) groups excluding carboxylic acids is 2. The van der Waals surface area contributed by atoms with Crippen LogP contribution in [0, 0.1) is 5.92 Å². The molecule has 2 rings (SSSR count). The average Bonchev–Trinajstić information content (AvgIpc) is 3.15. The van der Waals surface area contributed by atoms with Crippen molar-refractivity contribution in [2.45, 2.75) is 33.1 Å². The molecule has 23 heavy (non-hydrogen) atoms. The van der Waals surface area contributed by atoms with E-state index in [2.05, 4.69) is 19.9 Å². The van der Waals surface area contributed by atoms with Crippen LogP contribution in [-0.2, 0) is 9.59 Å². The molecule has 1 saturated heterocycles. The molecule has 1 N–H and O–H groups in total. The van der Waals surface area contributed by atoms with Crippen molar-refractivity contribution in [1.82, 2.24) is 15.0 Å². The smallest absolute Gasteiger partial charge is 0.245 e. The van der Waals surface area contributed by atoms with Crippen molar-refractivity contribution >= 4 is 17.6 Å². The lowest BCUT2D eigenvalue weighted by atomic mass is 10.1. The van der Waals surface area contributed by atoms with Crippen LogP contribution in [0.15, 0.2) is 16.9 Å². The average molecular weight is 322 g/mol. The van der Waals surface area contributed by atoms with Gasteiger partial charge in [0, 0.05) is 25.6 Å². The van der Waals surface area contributed by atoms with Gasteiger partial charge >= 0.3 is 0 Å². The van der Waals surface area contributed by atoms with Crippen LogP contribution in [0.3, 0.4) is 0 Å². The van der Waals surface area contributed by atoms with Gasteiger partial charge < -0.3 is 19.6 Å². The predicted molar refractivity (Wildman–Crippen MR) is 86.8 cm³/mol. The molecule has 0 unspecified atom stereocenters. The number of anilines is 1. The summed E-state index contributed by atoms with van der Waals surface area (Å²) in [4.78, 5) is 28.5. The SMILES string of the molecule is CC(C)CC(=O)N(CCN1CCCC1)CC(=O)Nc1ccon1. The van der Waals surface area contributed by atoms with Gasteiger partial charge in [0.1, 0.15) is 6.26 Å². The Hall–Kier alpha value is -1.89. The molecule has 2 heterocycles. The van der Waals surface area contributed by atoms with Gasteiger partial charge in [-0.3, -0.25) is 9.59 Å². The zero-order valence-corrected chi connectivity index (χ0v) is 14.0. The van der Waals surface area contributed by atoms with Crippen molar-refractivity contribution in [3.8, 4) is 0 Å². The van der Waals surface area contributed by atoms with Gasteiger partial charge in [-0.2, -0.15) is 0 Å². The van der Waals surface area contributed by atoms with Gasteiger partial charge in [-0.15, -0.1) is 0 Å². The first-order valence-electron chi connectivity index (χ1n) is 8.25. The fraction of sp³-hybridized carbons (Fsp3) is 0.688. The third-order valence-electron chi connectivity index (χ3n) is 3.86. The Balaban J connectivity index is 1.88. The van der Waals surface area contributed by atoms with E-state index >= 15 is 0 Å². The molecule has 0 bridgehead atoms. The van der Waals surface area contributed by atoms with E-state index in [-0.39, 0.29) is 24.3 Å². The number of amides is 2. The molecular formula is C16H26N4O3. The number of hydrogen-bond acceptors (Lipinski definition) is 5. The maximum atomic E-state index is 12.4. The first kappa shape index (κ1) is 17.5. The van der Waals surface area contributed by atoms with Gasteiger partial charge in [0.2, 0.25) is 11.8 Å². The number of hydrogen-bond donors (Lipinski definition) is 1. The minimum absolute atomic E-state index is 0.0227. The molecule has 0 radical (unpaired) electrons. The topological polar surface area (TPSA) is 78.7 Å². The fourth-order valence-electron chi connectivity index (χ4n) is 2.67. The standard InChI is InChI=1S/C16H26N4O3/c1-13(2)11-16(22)20(9-8-19-6-3-4-7-19)12-15(21)17-14-5-10-23-18-14/h5,10,13H,3-4,6-9,11-12H2,1-2H3,(H,17,18,21). The second kappa shape index (κ2) is 8.67. The molecule has 1 fully saturated rings. The van der Waals surface area contributed by atoms with Crippen molar-refractivity contribution in [2.24, 2.45) is 5.92 Å². The Morgan fingerprint density at radius 1 is 1.39 bits per heavy atom. The molecule has 1 aromatic heterocycles. The van der Waals surface area contributed by atoms with Gasteiger partial charge in [0.15, 0.2) is 5.82 Å². The van der Waals surface area contributed by atoms with Crippen LogP contribution >= 0.6 is 0 Å². The normalized spacial score (nSPS) is 15.1. The van der Waals surface area contributed by atoms with Gasteiger partial charge in [0.25, 0.3) is 0 Å². The summed E-state index contributed by atoms with van der Waals surface area (Å²) < 4.78 is 4.68. The Labute approximate surface area is 137 Å². The van der Waals surface area contributed by atoms with E-state index in [4.69, 9.17) is 0 Å². The van der Waals surface area contributed by atoms with Gasteiger partial charge in [-0.1, -0.05) is 19.0 Å². The monoisotopic (exact) mass is 322 g/mol. The largest absolute Gasteiger partial charge is 0.363 e. The summed E-state index contributed by atoms with van der Waals surface area (Å²) in [5.41, 5.74) is 0. The minimum Gasteiger partial charge on any atom is -0.363 e. The fourth-order valence-corrected chi connectivity index (χ4v) is 2.67. The molecule has 1 aliphatic rings. The summed E-state index contributed by atoms with van der Waals surface area (Å²) in [5.74, 6) is 0.410. The molecule has 1 aromatic rings. The lowest BCUT2D eigenvalue weighted by molar-refractivity contribution is -0.135. The van der Waals surface area contributed by atoms with E-state index in [9.17, 15) is 9.59 Å². The van der Waals surface area contributed by atoms with Crippen molar-refractivity contribution < 1.29 is 14.1 Å². The zero-order chi connectivity index (χ0) is 16.7. The van der Waals surface area contributed by atoms with E-state index in [0.29, 0.717) is 18.8 Å². The Kier molecular flexibility index (Phi) is 6.58. The number of nitrogens with one attached hydrogen (secondary N) is 1. The molecule has 1 aliphatic heterocycles.